The minimum absolute atomic E-state index is 0.241. The average Bonchev–Trinajstić information content (AvgIpc) is 2.62. The van der Waals surface area contributed by atoms with E-state index in [4.69, 9.17) is 9.47 Å². The lowest BCUT2D eigenvalue weighted by atomic mass is 10.2. The van der Waals surface area contributed by atoms with Crippen molar-refractivity contribution in [1.82, 2.24) is 9.97 Å². The maximum Gasteiger partial charge on any atom is 0.259 e. The van der Waals surface area contributed by atoms with E-state index in [1.807, 2.05) is 19.1 Å². The van der Waals surface area contributed by atoms with Crippen LogP contribution >= 0.6 is 0 Å². The van der Waals surface area contributed by atoms with Gasteiger partial charge in [-0.15, -0.1) is 0 Å². The first-order chi connectivity index (χ1) is 11.7. The fraction of sp³-hybridized carbons (Fsp3) is 0.353. The van der Waals surface area contributed by atoms with Gasteiger partial charge in [-0.05, 0) is 19.1 Å². The normalized spacial score (nSPS) is 14.3. The summed E-state index contributed by atoms with van der Waals surface area (Å²) in [5.41, 5.74) is 1.76. The summed E-state index contributed by atoms with van der Waals surface area (Å²) < 4.78 is 10.5. The van der Waals surface area contributed by atoms with Crippen LogP contribution in [0.4, 0.5) is 11.6 Å². The van der Waals surface area contributed by atoms with E-state index >= 15 is 0 Å². The number of carbonyl (C=O) groups excluding carboxylic acids is 1. The number of hydrogen-bond donors (Lipinski definition) is 1. The lowest BCUT2D eigenvalue weighted by Crippen LogP contribution is -2.37. The molecule has 1 saturated heterocycles. The lowest BCUT2D eigenvalue weighted by Gasteiger charge is -2.27. The molecule has 1 aromatic heterocycles. The van der Waals surface area contributed by atoms with Gasteiger partial charge in [0.1, 0.15) is 5.75 Å². The van der Waals surface area contributed by atoms with Gasteiger partial charge in [0.15, 0.2) is 0 Å². The molecule has 0 bridgehead atoms. The molecule has 1 amide bonds. The zero-order valence-electron chi connectivity index (χ0n) is 13.8. The van der Waals surface area contributed by atoms with Gasteiger partial charge in [-0.3, -0.25) is 4.79 Å². The van der Waals surface area contributed by atoms with Crippen LogP contribution in [0.1, 0.15) is 16.1 Å². The molecule has 0 saturated carbocycles. The Balaban J connectivity index is 1.74. The Hall–Kier alpha value is -2.67. The monoisotopic (exact) mass is 328 g/mol. The summed E-state index contributed by atoms with van der Waals surface area (Å²) in [5, 5.41) is 2.84. The Morgan fingerprint density at radius 2 is 2.12 bits per heavy atom. The molecule has 0 atom stereocenters. The summed E-state index contributed by atoms with van der Waals surface area (Å²) in [5.74, 6) is 1.08. The molecule has 3 rings (SSSR count). The van der Waals surface area contributed by atoms with Gasteiger partial charge >= 0.3 is 0 Å². The van der Waals surface area contributed by atoms with E-state index in [2.05, 4.69) is 20.2 Å². The number of benzene rings is 1. The molecule has 1 aliphatic heterocycles. The number of ether oxygens (including phenoxy) is 2. The maximum atomic E-state index is 12.5. The third-order valence-corrected chi connectivity index (χ3v) is 3.83. The molecule has 0 spiro atoms. The number of amides is 1. The third kappa shape index (κ3) is 3.62. The topological polar surface area (TPSA) is 76.6 Å². The first-order valence-electron chi connectivity index (χ1n) is 7.79. The Labute approximate surface area is 140 Å². The number of hydrogen-bond acceptors (Lipinski definition) is 6. The van der Waals surface area contributed by atoms with Crippen LogP contribution in [0.15, 0.2) is 30.5 Å². The van der Waals surface area contributed by atoms with Gasteiger partial charge in [0.25, 0.3) is 5.91 Å². The molecule has 1 aromatic carbocycles. The van der Waals surface area contributed by atoms with Crippen molar-refractivity contribution in [3.63, 3.8) is 0 Å². The molecule has 2 aromatic rings. The summed E-state index contributed by atoms with van der Waals surface area (Å²) in [7, 11) is 1.59. The van der Waals surface area contributed by atoms with Gasteiger partial charge < -0.3 is 19.7 Å². The summed E-state index contributed by atoms with van der Waals surface area (Å²) in [4.78, 5) is 23.3. The van der Waals surface area contributed by atoms with Crippen LogP contribution in [0.2, 0.25) is 0 Å². The fourth-order valence-corrected chi connectivity index (χ4v) is 2.49. The van der Waals surface area contributed by atoms with E-state index in [0.29, 0.717) is 41.9 Å². The standard InChI is InChI=1S/C17H20N4O3/c1-12-15(11-18-17(19-12)21-6-8-24-9-7-21)16(22)20-13-4-3-5-14(10-13)23-2/h3-5,10-11H,6-9H2,1-2H3,(H,20,22). The molecule has 2 heterocycles. The number of carbonyl (C=O) groups is 1. The minimum Gasteiger partial charge on any atom is -0.497 e. The van der Waals surface area contributed by atoms with Gasteiger partial charge in [0.2, 0.25) is 5.95 Å². The molecule has 0 aliphatic carbocycles. The van der Waals surface area contributed by atoms with E-state index < -0.39 is 0 Å². The number of anilines is 2. The molecule has 1 aliphatic rings. The number of nitrogens with one attached hydrogen (secondary N) is 1. The van der Waals surface area contributed by atoms with Crippen molar-refractivity contribution in [3.8, 4) is 5.75 Å². The van der Waals surface area contributed by atoms with E-state index in [9.17, 15) is 4.79 Å². The number of morpholine rings is 1. The van der Waals surface area contributed by atoms with Crippen molar-refractivity contribution in [1.29, 1.82) is 0 Å². The minimum atomic E-state index is -0.241. The van der Waals surface area contributed by atoms with Crippen molar-refractivity contribution in [2.75, 3.05) is 43.6 Å². The summed E-state index contributed by atoms with van der Waals surface area (Å²) in [6.45, 7) is 4.66. The van der Waals surface area contributed by atoms with Gasteiger partial charge in [-0.2, -0.15) is 0 Å². The first-order valence-corrected chi connectivity index (χ1v) is 7.79. The summed E-state index contributed by atoms with van der Waals surface area (Å²) in [6, 6.07) is 7.20. The molecule has 0 unspecified atom stereocenters. The second kappa shape index (κ2) is 7.27. The zero-order chi connectivity index (χ0) is 16.9. The van der Waals surface area contributed by atoms with Crippen molar-refractivity contribution >= 4 is 17.5 Å². The zero-order valence-corrected chi connectivity index (χ0v) is 13.8. The summed E-state index contributed by atoms with van der Waals surface area (Å²) in [6.07, 6.45) is 1.57. The van der Waals surface area contributed by atoms with Gasteiger partial charge in [-0.25, -0.2) is 9.97 Å². The van der Waals surface area contributed by atoms with Crippen molar-refractivity contribution in [2.45, 2.75) is 6.92 Å². The second-order valence-electron chi connectivity index (χ2n) is 5.45. The van der Waals surface area contributed by atoms with Crippen LogP contribution in [0.25, 0.3) is 0 Å². The van der Waals surface area contributed by atoms with E-state index in [0.717, 1.165) is 13.1 Å². The predicted molar refractivity (Wildman–Crippen MR) is 90.7 cm³/mol. The van der Waals surface area contributed by atoms with E-state index in [1.165, 1.54) is 0 Å². The Morgan fingerprint density at radius 1 is 1.33 bits per heavy atom. The van der Waals surface area contributed by atoms with Gasteiger partial charge in [0.05, 0.1) is 31.6 Å². The molecule has 7 nitrogen and oxygen atoms in total. The number of aromatic nitrogens is 2. The maximum absolute atomic E-state index is 12.5. The highest BCUT2D eigenvalue weighted by Crippen LogP contribution is 2.19. The molecule has 24 heavy (non-hydrogen) atoms. The molecule has 0 radical (unpaired) electrons. The van der Waals surface area contributed by atoms with E-state index in [-0.39, 0.29) is 5.91 Å². The molecule has 7 heteroatoms. The predicted octanol–water partition coefficient (Wildman–Crippen LogP) is 1.88. The molecular weight excluding hydrogens is 308 g/mol. The lowest BCUT2D eigenvalue weighted by molar-refractivity contribution is 0.102. The smallest absolute Gasteiger partial charge is 0.259 e. The second-order valence-corrected chi connectivity index (χ2v) is 5.45. The Bertz CT molecular complexity index is 730. The number of nitrogens with zero attached hydrogens (tertiary/aromatic N) is 3. The quantitative estimate of drug-likeness (QED) is 0.923. The Kier molecular flexibility index (Phi) is 4.90. The molecule has 1 fully saturated rings. The van der Waals surface area contributed by atoms with Crippen LogP contribution in [-0.4, -0.2) is 49.3 Å². The first kappa shape index (κ1) is 16.2. The highest BCUT2D eigenvalue weighted by molar-refractivity contribution is 6.04. The van der Waals surface area contributed by atoms with Crippen LogP contribution in [0.3, 0.4) is 0 Å². The SMILES string of the molecule is COc1cccc(NC(=O)c2cnc(N3CCOCC3)nc2C)c1. The van der Waals surface area contributed by atoms with Crippen LogP contribution in [0, 0.1) is 6.92 Å². The van der Waals surface area contributed by atoms with Crippen molar-refractivity contribution < 1.29 is 14.3 Å². The summed E-state index contributed by atoms with van der Waals surface area (Å²) >= 11 is 0. The number of methoxy groups -OCH3 is 1. The molecule has 1 N–H and O–H groups in total. The highest BCUT2D eigenvalue weighted by Gasteiger charge is 2.17. The van der Waals surface area contributed by atoms with Gasteiger partial charge in [0, 0.05) is 31.0 Å². The average molecular weight is 328 g/mol. The number of aryl methyl sites for hydroxylation is 1. The highest BCUT2D eigenvalue weighted by atomic mass is 16.5. The van der Waals surface area contributed by atoms with Crippen LogP contribution < -0.4 is 15.0 Å². The van der Waals surface area contributed by atoms with E-state index in [1.54, 1.807) is 25.4 Å². The van der Waals surface area contributed by atoms with Crippen LogP contribution in [0.5, 0.6) is 5.75 Å². The number of rotatable bonds is 4. The van der Waals surface area contributed by atoms with Crippen molar-refractivity contribution in [2.24, 2.45) is 0 Å². The molecule has 126 valence electrons. The van der Waals surface area contributed by atoms with Crippen LogP contribution in [-0.2, 0) is 4.74 Å². The third-order valence-electron chi connectivity index (χ3n) is 3.83. The molecular formula is C17H20N4O3. The Morgan fingerprint density at radius 3 is 2.83 bits per heavy atom. The largest absolute Gasteiger partial charge is 0.497 e. The van der Waals surface area contributed by atoms with Crippen molar-refractivity contribution in [3.05, 3.63) is 41.7 Å². The van der Waals surface area contributed by atoms with Gasteiger partial charge in [-0.1, -0.05) is 6.07 Å². The fourth-order valence-electron chi connectivity index (χ4n) is 2.49.